The van der Waals surface area contributed by atoms with Crippen LogP contribution in [0.5, 0.6) is 0 Å². The number of fused-ring (bicyclic) bond motifs is 1. The Morgan fingerprint density at radius 3 is 2.37 bits per heavy atom. The lowest BCUT2D eigenvalue weighted by Gasteiger charge is -2.29. The average Bonchev–Trinajstić information content (AvgIpc) is 3.30. The number of aryl methyl sites for hydroxylation is 1. The van der Waals surface area contributed by atoms with Gasteiger partial charge in [-0.3, -0.25) is 10.2 Å². The van der Waals surface area contributed by atoms with E-state index in [4.69, 9.17) is 10.5 Å². The number of nitrogens with one attached hydrogen (secondary N) is 2. The minimum absolute atomic E-state index is 0.00668. The smallest absolute Gasteiger partial charge is 0.274 e. The first-order valence-electron chi connectivity index (χ1n) is 12.2. The van der Waals surface area contributed by atoms with Crippen molar-refractivity contribution >= 4 is 38.2 Å². The highest BCUT2D eigenvalue weighted by Crippen LogP contribution is 2.28. The Hall–Kier alpha value is -4.09. The molecule has 1 amide bonds. The number of amides is 1. The largest absolute Gasteiger partial charge is 0.357 e. The molecule has 0 spiro atoms. The molecule has 1 aromatic heterocycles. The minimum atomic E-state index is -4.17. The molecule has 1 aliphatic heterocycles. The number of likely N-dealkylation sites (tertiary alicyclic amines) is 1. The number of nitrogens with zero attached hydrogens (tertiary/aromatic N) is 3. The fraction of sp³-hybridized carbons (Fsp3) is 0.222. The Morgan fingerprint density at radius 1 is 1.03 bits per heavy atom. The maximum atomic E-state index is 15.0. The van der Waals surface area contributed by atoms with Gasteiger partial charge in [0.1, 0.15) is 22.2 Å². The van der Waals surface area contributed by atoms with Gasteiger partial charge in [-0.1, -0.05) is 24.3 Å². The van der Waals surface area contributed by atoms with Crippen LogP contribution in [0, 0.1) is 18.2 Å². The first-order valence-corrected chi connectivity index (χ1v) is 13.7. The van der Waals surface area contributed by atoms with Crippen LogP contribution in [0.3, 0.4) is 0 Å². The molecule has 2 heterocycles. The van der Waals surface area contributed by atoms with E-state index in [1.54, 1.807) is 37.3 Å². The summed E-state index contributed by atoms with van der Waals surface area (Å²) in [6.45, 7) is 3.18. The Labute approximate surface area is 219 Å². The van der Waals surface area contributed by atoms with Crippen molar-refractivity contribution in [3.8, 4) is 5.69 Å². The molecule has 1 fully saturated rings. The first kappa shape index (κ1) is 25.6. The van der Waals surface area contributed by atoms with E-state index in [2.05, 4.69) is 10.4 Å². The van der Waals surface area contributed by atoms with Gasteiger partial charge in [-0.25, -0.2) is 22.6 Å². The fourth-order valence-electron chi connectivity index (χ4n) is 4.70. The van der Waals surface area contributed by atoms with Crippen molar-refractivity contribution in [3.05, 3.63) is 83.4 Å². The number of hydrogen-bond acceptors (Lipinski definition) is 5. The third-order valence-electron chi connectivity index (χ3n) is 6.59. The summed E-state index contributed by atoms with van der Waals surface area (Å²) in [6, 6.07) is 15.9. The molecule has 196 valence electrons. The van der Waals surface area contributed by atoms with E-state index in [-0.39, 0.29) is 27.8 Å². The zero-order valence-corrected chi connectivity index (χ0v) is 21.6. The number of amidine groups is 1. The lowest BCUT2D eigenvalue weighted by atomic mass is 10.1. The summed E-state index contributed by atoms with van der Waals surface area (Å²) in [5, 5.41) is 22.2. The zero-order valence-electron chi connectivity index (χ0n) is 20.7. The van der Waals surface area contributed by atoms with Gasteiger partial charge in [0.05, 0.1) is 17.1 Å². The lowest BCUT2D eigenvalue weighted by molar-refractivity contribution is 0.101. The third-order valence-corrected chi connectivity index (χ3v) is 7.53. The number of benzene rings is 3. The maximum Gasteiger partial charge on any atom is 0.274 e. The molecule has 1 aliphatic rings. The number of halogens is 1. The molecule has 9 nitrogen and oxygen atoms in total. The number of aromatic nitrogens is 2. The number of piperidine rings is 1. The average molecular weight is 535 g/mol. The highest BCUT2D eigenvalue weighted by Gasteiger charge is 2.24. The summed E-state index contributed by atoms with van der Waals surface area (Å²) in [6.07, 6.45) is 3.12. The van der Waals surface area contributed by atoms with Crippen LogP contribution in [0.2, 0.25) is 0 Å². The number of rotatable bonds is 5. The monoisotopic (exact) mass is 534 g/mol. The molecule has 0 saturated carbocycles. The van der Waals surface area contributed by atoms with Crippen molar-refractivity contribution in [3.63, 3.8) is 0 Å². The van der Waals surface area contributed by atoms with E-state index in [9.17, 15) is 13.2 Å². The van der Waals surface area contributed by atoms with Gasteiger partial charge in [0, 0.05) is 18.7 Å². The van der Waals surface area contributed by atoms with Crippen LogP contribution in [0.15, 0.2) is 65.6 Å². The molecule has 1 saturated heterocycles. The number of anilines is 1. The predicted molar refractivity (Wildman–Crippen MR) is 144 cm³/mol. The Kier molecular flexibility index (Phi) is 6.72. The van der Waals surface area contributed by atoms with Crippen molar-refractivity contribution in [1.82, 2.24) is 14.7 Å². The van der Waals surface area contributed by atoms with E-state index in [0.717, 1.165) is 37.7 Å². The van der Waals surface area contributed by atoms with Gasteiger partial charge in [0.15, 0.2) is 0 Å². The summed E-state index contributed by atoms with van der Waals surface area (Å²) in [5.41, 5.74) is 0.926. The second-order valence-electron chi connectivity index (χ2n) is 9.34. The number of carbonyl (C=O) groups is 1. The molecule has 5 rings (SSSR count). The van der Waals surface area contributed by atoms with Gasteiger partial charge in [0.25, 0.3) is 5.91 Å². The second-order valence-corrected chi connectivity index (χ2v) is 10.9. The van der Waals surface area contributed by atoms with Crippen LogP contribution < -0.4 is 10.5 Å². The topological polar surface area (TPSA) is 134 Å². The third kappa shape index (κ3) is 5.02. The zero-order chi connectivity index (χ0) is 27.0. The fourth-order valence-corrected chi connectivity index (χ4v) is 5.42. The van der Waals surface area contributed by atoms with Crippen LogP contribution >= 0.6 is 0 Å². The van der Waals surface area contributed by atoms with Crippen LogP contribution in [-0.2, 0) is 10.0 Å². The van der Waals surface area contributed by atoms with Gasteiger partial charge in [-0.15, -0.1) is 0 Å². The summed E-state index contributed by atoms with van der Waals surface area (Å²) < 4.78 is 41.2. The Bertz CT molecular complexity index is 1680. The number of sulfonamides is 1. The molecule has 0 bridgehead atoms. The summed E-state index contributed by atoms with van der Waals surface area (Å²) in [5.74, 6) is -1.12. The maximum absolute atomic E-state index is 15.0. The molecule has 4 N–H and O–H groups in total. The SMILES string of the molecule is Cc1cc(C(=O)Nc2ccc(C(=N)N3CCCCC3)cc2F)n(-c2cc3ccccc3cc2S(N)(=O)=O)n1. The second kappa shape index (κ2) is 9.99. The molecule has 38 heavy (non-hydrogen) atoms. The molecular formula is C27H27FN6O3S. The highest BCUT2D eigenvalue weighted by atomic mass is 32.2. The molecule has 0 atom stereocenters. The molecule has 0 radical (unpaired) electrons. The standard InChI is InChI=1S/C27H27FN6O3S/c1-17-13-24(34(32-17)23-15-18-7-3-4-8-19(18)16-25(23)38(30,36)37)27(35)31-22-10-9-20(14-21(22)28)26(29)33-11-5-2-6-12-33/h3-4,7-10,13-16,29H,2,5-6,11-12H2,1H3,(H,31,35)(H2,30,36,37). The molecular weight excluding hydrogens is 507 g/mol. The van der Waals surface area contributed by atoms with Crippen molar-refractivity contribution in [2.45, 2.75) is 31.1 Å². The van der Waals surface area contributed by atoms with Gasteiger partial charge < -0.3 is 10.2 Å². The first-order chi connectivity index (χ1) is 18.1. The highest BCUT2D eigenvalue weighted by molar-refractivity contribution is 7.89. The van der Waals surface area contributed by atoms with Gasteiger partial charge in [-0.2, -0.15) is 5.10 Å². The number of nitrogens with two attached hydrogens (primary N) is 1. The minimum Gasteiger partial charge on any atom is -0.357 e. The van der Waals surface area contributed by atoms with Crippen molar-refractivity contribution in [2.24, 2.45) is 5.14 Å². The Morgan fingerprint density at radius 2 is 1.71 bits per heavy atom. The molecule has 11 heteroatoms. The normalized spacial score (nSPS) is 14.0. The number of hydrogen-bond donors (Lipinski definition) is 3. The van der Waals surface area contributed by atoms with Crippen LogP contribution in [-0.4, -0.2) is 47.9 Å². The van der Waals surface area contributed by atoms with E-state index >= 15 is 4.39 Å². The predicted octanol–water partition coefficient (Wildman–Crippen LogP) is 4.18. The van der Waals surface area contributed by atoms with Crippen molar-refractivity contribution in [1.29, 1.82) is 5.41 Å². The summed E-state index contributed by atoms with van der Waals surface area (Å²) in [7, 11) is -4.17. The van der Waals surface area contributed by atoms with Gasteiger partial charge >= 0.3 is 0 Å². The van der Waals surface area contributed by atoms with E-state index in [0.29, 0.717) is 16.6 Å². The van der Waals surface area contributed by atoms with Gasteiger partial charge in [-0.05, 0) is 73.4 Å². The van der Waals surface area contributed by atoms with Crippen LogP contribution in [0.4, 0.5) is 10.1 Å². The molecule has 3 aromatic carbocycles. The molecule has 0 unspecified atom stereocenters. The van der Waals surface area contributed by atoms with E-state index in [1.165, 1.54) is 28.9 Å². The quantitative estimate of drug-likeness (QED) is 0.261. The van der Waals surface area contributed by atoms with Gasteiger partial charge in [0.2, 0.25) is 10.0 Å². The number of carbonyl (C=O) groups excluding carboxylic acids is 1. The summed E-state index contributed by atoms with van der Waals surface area (Å²) in [4.78, 5) is 15.0. The molecule has 0 aliphatic carbocycles. The molecule has 4 aromatic rings. The van der Waals surface area contributed by atoms with Crippen LogP contribution in [0.1, 0.15) is 41.0 Å². The van der Waals surface area contributed by atoms with Crippen molar-refractivity contribution < 1.29 is 17.6 Å². The van der Waals surface area contributed by atoms with Crippen LogP contribution in [0.25, 0.3) is 16.5 Å². The number of primary sulfonamides is 1. The Balaban J connectivity index is 1.48. The van der Waals surface area contributed by atoms with Crippen molar-refractivity contribution in [2.75, 3.05) is 18.4 Å². The van der Waals surface area contributed by atoms with E-state index in [1.807, 2.05) is 11.0 Å². The summed E-state index contributed by atoms with van der Waals surface area (Å²) >= 11 is 0. The van der Waals surface area contributed by atoms with E-state index < -0.39 is 21.7 Å². The lowest BCUT2D eigenvalue weighted by Crippen LogP contribution is -2.35.